The van der Waals surface area contributed by atoms with Gasteiger partial charge in [0.2, 0.25) is 5.91 Å². The van der Waals surface area contributed by atoms with Gasteiger partial charge in [0.25, 0.3) is 0 Å². The number of hydrogen-bond acceptors (Lipinski definition) is 3. The molecule has 0 aliphatic carbocycles. The molecule has 5 heteroatoms. The summed E-state index contributed by atoms with van der Waals surface area (Å²) in [4.78, 5) is 16.0. The quantitative estimate of drug-likeness (QED) is 0.708. The van der Waals surface area contributed by atoms with E-state index in [1.54, 1.807) is 0 Å². The van der Waals surface area contributed by atoms with Crippen LogP contribution in [0.25, 0.3) is 11.0 Å². The highest BCUT2D eigenvalue weighted by Gasteiger charge is 2.17. The monoisotopic (exact) mass is 325 g/mol. The fourth-order valence-corrected chi connectivity index (χ4v) is 3.36. The van der Waals surface area contributed by atoms with Crippen molar-refractivity contribution >= 4 is 28.7 Å². The summed E-state index contributed by atoms with van der Waals surface area (Å²) in [6, 6.07) is 18.4. The van der Waals surface area contributed by atoms with E-state index in [1.807, 2.05) is 43.3 Å². The van der Waals surface area contributed by atoms with Crippen molar-refractivity contribution in [3.8, 4) is 0 Å². The van der Waals surface area contributed by atoms with Gasteiger partial charge >= 0.3 is 0 Å². The number of amides is 1. The number of fused-ring (bicyclic) bond motifs is 1. The lowest BCUT2D eigenvalue weighted by Gasteiger charge is -2.11. The zero-order valence-corrected chi connectivity index (χ0v) is 13.8. The molecule has 0 radical (unpaired) electrons. The van der Waals surface area contributed by atoms with E-state index in [4.69, 9.17) is 5.73 Å². The molecule has 3 aromatic rings. The van der Waals surface area contributed by atoms with E-state index in [0.717, 1.165) is 29.2 Å². The highest BCUT2D eigenvalue weighted by molar-refractivity contribution is 8.00. The summed E-state index contributed by atoms with van der Waals surface area (Å²) in [7, 11) is 0. The molecule has 1 unspecified atom stereocenters. The zero-order valence-electron chi connectivity index (χ0n) is 13.0. The lowest BCUT2D eigenvalue weighted by Crippen LogP contribution is -2.23. The Labute approximate surface area is 139 Å². The van der Waals surface area contributed by atoms with Crippen molar-refractivity contribution in [2.45, 2.75) is 30.3 Å². The van der Waals surface area contributed by atoms with Crippen LogP contribution in [0.5, 0.6) is 0 Å². The number of benzene rings is 2. The molecule has 23 heavy (non-hydrogen) atoms. The van der Waals surface area contributed by atoms with Crippen molar-refractivity contribution in [3.05, 3.63) is 60.2 Å². The Morgan fingerprint density at radius 3 is 2.61 bits per heavy atom. The molecule has 1 aromatic heterocycles. The summed E-state index contributed by atoms with van der Waals surface area (Å²) in [5, 5.41) is 0.538. The third-order valence-electron chi connectivity index (χ3n) is 3.77. The smallest absolute Gasteiger partial charge is 0.230 e. The van der Waals surface area contributed by atoms with Gasteiger partial charge in [0.1, 0.15) is 0 Å². The van der Waals surface area contributed by atoms with Crippen LogP contribution < -0.4 is 5.73 Å². The van der Waals surface area contributed by atoms with Crippen molar-refractivity contribution in [2.24, 2.45) is 5.73 Å². The van der Waals surface area contributed by atoms with Crippen molar-refractivity contribution < 1.29 is 4.79 Å². The maximum absolute atomic E-state index is 11.4. The van der Waals surface area contributed by atoms with E-state index >= 15 is 0 Å². The van der Waals surface area contributed by atoms with Gasteiger partial charge in [-0.2, -0.15) is 0 Å². The molecule has 0 saturated carbocycles. The normalized spacial score (nSPS) is 12.4. The lowest BCUT2D eigenvalue weighted by atomic mass is 10.1. The Balaban J connectivity index is 1.91. The predicted octanol–water partition coefficient (Wildman–Crippen LogP) is 3.24. The Bertz CT molecular complexity index is 814. The number of nitrogens with zero attached hydrogens (tertiary/aromatic N) is 2. The number of para-hydroxylation sites is 2. The molecule has 0 bridgehead atoms. The summed E-state index contributed by atoms with van der Waals surface area (Å²) in [6.07, 6.45) is 0.916. The van der Waals surface area contributed by atoms with Crippen LogP contribution >= 0.6 is 11.8 Å². The molecule has 1 heterocycles. The molecule has 2 aromatic carbocycles. The number of nitrogens with two attached hydrogens (primary N) is 1. The van der Waals surface area contributed by atoms with Gasteiger partial charge in [0, 0.05) is 6.54 Å². The molecule has 1 atom stereocenters. The van der Waals surface area contributed by atoms with Gasteiger partial charge in [0.05, 0.1) is 16.3 Å². The first-order chi connectivity index (χ1) is 11.1. The average Bonchev–Trinajstić information content (AvgIpc) is 2.91. The summed E-state index contributed by atoms with van der Waals surface area (Å²) in [6.45, 7) is 2.63. The van der Waals surface area contributed by atoms with Crippen molar-refractivity contribution in [2.75, 3.05) is 0 Å². The molecule has 0 spiro atoms. The van der Waals surface area contributed by atoms with E-state index in [2.05, 4.69) is 27.8 Å². The van der Waals surface area contributed by atoms with E-state index < -0.39 is 0 Å². The number of carbonyl (C=O) groups excluding carboxylic acids is 1. The highest BCUT2D eigenvalue weighted by atomic mass is 32.2. The van der Waals surface area contributed by atoms with Gasteiger partial charge in [-0.25, -0.2) is 4.98 Å². The fourth-order valence-electron chi connectivity index (χ4n) is 2.46. The number of rotatable bonds is 6. The van der Waals surface area contributed by atoms with E-state index in [-0.39, 0.29) is 11.2 Å². The molecule has 2 N–H and O–H groups in total. The lowest BCUT2D eigenvalue weighted by molar-refractivity contribution is -0.117. The number of aryl methyl sites for hydroxylation is 2. The van der Waals surface area contributed by atoms with Crippen molar-refractivity contribution in [1.82, 2.24) is 9.55 Å². The largest absolute Gasteiger partial charge is 0.369 e. The van der Waals surface area contributed by atoms with Crippen molar-refractivity contribution in [3.63, 3.8) is 0 Å². The van der Waals surface area contributed by atoms with Crippen LogP contribution in [0.3, 0.4) is 0 Å². The molecule has 0 fully saturated rings. The van der Waals surface area contributed by atoms with Crippen LogP contribution in [0.2, 0.25) is 0 Å². The predicted molar refractivity (Wildman–Crippen MR) is 94.4 cm³/mol. The number of thioether (sulfide) groups is 1. The first-order valence-electron chi connectivity index (χ1n) is 7.60. The van der Waals surface area contributed by atoms with E-state index in [1.165, 1.54) is 17.3 Å². The number of carbonyl (C=O) groups is 1. The number of hydrogen-bond donors (Lipinski definition) is 1. The maximum atomic E-state index is 11.4. The number of imidazole rings is 1. The first-order valence-corrected chi connectivity index (χ1v) is 8.48. The molecule has 4 nitrogen and oxygen atoms in total. The summed E-state index contributed by atoms with van der Waals surface area (Å²) < 4.78 is 2.17. The topological polar surface area (TPSA) is 60.9 Å². The van der Waals surface area contributed by atoms with Gasteiger partial charge in [-0.05, 0) is 31.0 Å². The Kier molecular flexibility index (Phi) is 4.67. The molecule has 0 aliphatic rings. The minimum Gasteiger partial charge on any atom is -0.369 e. The van der Waals surface area contributed by atoms with E-state index in [0.29, 0.717) is 0 Å². The summed E-state index contributed by atoms with van der Waals surface area (Å²) in [5.74, 6) is -0.323. The van der Waals surface area contributed by atoms with Gasteiger partial charge < -0.3 is 10.3 Å². The molecular weight excluding hydrogens is 306 g/mol. The second-order valence-corrected chi connectivity index (χ2v) is 6.74. The van der Waals surface area contributed by atoms with Crippen LogP contribution in [0.15, 0.2) is 59.8 Å². The standard InChI is InChI=1S/C18H19N3OS/c1-13(17(19)22)23-18-20-15-9-5-6-10-16(15)21(18)12-11-14-7-3-2-4-8-14/h2-10,13H,11-12H2,1H3,(H2,19,22). The van der Waals surface area contributed by atoms with Gasteiger partial charge in [-0.15, -0.1) is 0 Å². The van der Waals surface area contributed by atoms with Crippen LogP contribution in [-0.4, -0.2) is 20.7 Å². The minimum absolute atomic E-state index is 0.303. The molecule has 0 saturated heterocycles. The average molecular weight is 325 g/mol. The van der Waals surface area contributed by atoms with Gasteiger partial charge in [-0.1, -0.05) is 54.2 Å². The summed E-state index contributed by atoms with van der Waals surface area (Å²) in [5.41, 5.74) is 8.71. The summed E-state index contributed by atoms with van der Waals surface area (Å²) >= 11 is 1.42. The van der Waals surface area contributed by atoms with Gasteiger partial charge in [0.15, 0.2) is 5.16 Å². The molecule has 0 aliphatic heterocycles. The minimum atomic E-state index is -0.323. The maximum Gasteiger partial charge on any atom is 0.230 e. The first kappa shape index (κ1) is 15.6. The van der Waals surface area contributed by atoms with Crippen LogP contribution in [0.4, 0.5) is 0 Å². The van der Waals surface area contributed by atoms with Crippen LogP contribution in [0, 0.1) is 0 Å². The second kappa shape index (κ2) is 6.87. The Morgan fingerprint density at radius 2 is 1.87 bits per heavy atom. The van der Waals surface area contributed by atoms with E-state index in [9.17, 15) is 4.79 Å². The number of primary amides is 1. The zero-order chi connectivity index (χ0) is 16.2. The molecule has 3 rings (SSSR count). The van der Waals surface area contributed by atoms with Crippen LogP contribution in [-0.2, 0) is 17.8 Å². The molecule has 118 valence electrons. The Hall–Kier alpha value is -2.27. The number of aromatic nitrogens is 2. The van der Waals surface area contributed by atoms with Crippen molar-refractivity contribution in [1.29, 1.82) is 0 Å². The third-order valence-corrected chi connectivity index (χ3v) is 4.88. The molecular formula is C18H19N3OS. The third kappa shape index (κ3) is 3.56. The van der Waals surface area contributed by atoms with Crippen LogP contribution in [0.1, 0.15) is 12.5 Å². The SMILES string of the molecule is CC(Sc1nc2ccccc2n1CCc1ccccc1)C(N)=O. The fraction of sp³-hybridized carbons (Fsp3) is 0.222. The second-order valence-electron chi connectivity index (χ2n) is 5.43. The highest BCUT2D eigenvalue weighted by Crippen LogP contribution is 2.27. The Morgan fingerprint density at radius 1 is 1.17 bits per heavy atom. The van der Waals surface area contributed by atoms with Gasteiger partial charge in [-0.3, -0.25) is 4.79 Å². The molecule has 1 amide bonds.